The van der Waals surface area contributed by atoms with Gasteiger partial charge in [0.15, 0.2) is 0 Å². The molecule has 0 atom stereocenters. The van der Waals surface area contributed by atoms with Crippen molar-refractivity contribution in [1.29, 1.82) is 5.26 Å². The van der Waals surface area contributed by atoms with Crippen LogP contribution in [0.15, 0.2) is 9.59 Å². The monoisotopic (exact) mass is 304 g/mol. The molecule has 1 N–H and O–H groups in total. The third-order valence-corrected chi connectivity index (χ3v) is 4.09. The van der Waals surface area contributed by atoms with Gasteiger partial charge in [0.05, 0.1) is 0 Å². The summed E-state index contributed by atoms with van der Waals surface area (Å²) in [6.45, 7) is 4.05. The number of hydrogen-bond donors (Lipinski definition) is 1. The summed E-state index contributed by atoms with van der Waals surface area (Å²) in [6, 6.07) is 1.90. The second-order valence-electron chi connectivity index (χ2n) is 5.44. The number of fused-ring (bicyclic) bond motifs is 1. The Morgan fingerprint density at radius 3 is 2.64 bits per heavy atom. The zero-order valence-corrected chi connectivity index (χ0v) is 12.9. The number of nitrogens with zero attached hydrogens (tertiary/aromatic N) is 3. The van der Waals surface area contributed by atoms with E-state index in [0.29, 0.717) is 18.7 Å². The lowest BCUT2D eigenvalue weighted by atomic mass is 10.2. The molecule has 7 heteroatoms. The van der Waals surface area contributed by atoms with Gasteiger partial charge in [0.2, 0.25) is 5.91 Å². The van der Waals surface area contributed by atoms with E-state index in [2.05, 4.69) is 5.32 Å². The van der Waals surface area contributed by atoms with Gasteiger partial charge in [0.1, 0.15) is 18.2 Å². The molecule has 0 radical (unpaired) electrons. The number of hydrogen-bond acceptors (Lipinski definition) is 4. The smallest absolute Gasteiger partial charge is 0.331 e. The minimum Gasteiger partial charge on any atom is -0.352 e. The van der Waals surface area contributed by atoms with E-state index in [1.165, 1.54) is 4.57 Å². The highest BCUT2D eigenvalue weighted by molar-refractivity contribution is 5.76. The van der Waals surface area contributed by atoms with Crippen LogP contribution in [-0.4, -0.2) is 21.1 Å². The first-order valence-corrected chi connectivity index (χ1v) is 7.59. The van der Waals surface area contributed by atoms with Crippen molar-refractivity contribution in [1.82, 2.24) is 14.5 Å². The standard InChI is InChI=1S/C15H20N4O3/c1-3-10(4-2)17-13(20)9-19-14(21)11(8-16)12-6-5-7-18(12)15(19)22/h10H,3-7,9H2,1-2H3,(H,17,20). The molecule has 1 amide bonds. The summed E-state index contributed by atoms with van der Waals surface area (Å²) < 4.78 is 2.30. The zero-order chi connectivity index (χ0) is 16.3. The number of nitriles is 1. The third kappa shape index (κ3) is 2.82. The van der Waals surface area contributed by atoms with Crippen molar-refractivity contribution >= 4 is 5.91 Å². The predicted molar refractivity (Wildman–Crippen MR) is 80.5 cm³/mol. The van der Waals surface area contributed by atoms with E-state index < -0.39 is 11.2 Å². The largest absolute Gasteiger partial charge is 0.352 e. The topological polar surface area (TPSA) is 96.9 Å². The van der Waals surface area contributed by atoms with Gasteiger partial charge in [-0.3, -0.25) is 14.2 Å². The highest BCUT2D eigenvalue weighted by Gasteiger charge is 2.23. The van der Waals surface area contributed by atoms with Crippen LogP contribution in [0.3, 0.4) is 0 Å². The van der Waals surface area contributed by atoms with Crippen LogP contribution in [0.5, 0.6) is 0 Å². The normalized spacial score (nSPS) is 13.0. The van der Waals surface area contributed by atoms with Crippen molar-refractivity contribution in [2.24, 2.45) is 0 Å². The van der Waals surface area contributed by atoms with Crippen LogP contribution in [0.1, 0.15) is 44.4 Å². The van der Waals surface area contributed by atoms with Crippen LogP contribution in [0.25, 0.3) is 0 Å². The van der Waals surface area contributed by atoms with Gasteiger partial charge >= 0.3 is 5.69 Å². The van der Waals surface area contributed by atoms with E-state index in [4.69, 9.17) is 0 Å². The molecule has 22 heavy (non-hydrogen) atoms. The van der Waals surface area contributed by atoms with Crippen LogP contribution in [0.4, 0.5) is 0 Å². The Hall–Kier alpha value is -2.36. The number of aromatic nitrogens is 2. The second kappa shape index (κ2) is 6.60. The molecule has 0 spiro atoms. The van der Waals surface area contributed by atoms with E-state index in [1.54, 1.807) is 0 Å². The molecular formula is C15H20N4O3. The van der Waals surface area contributed by atoms with Gasteiger partial charge < -0.3 is 5.32 Å². The van der Waals surface area contributed by atoms with E-state index in [9.17, 15) is 19.6 Å². The SMILES string of the molecule is CCC(CC)NC(=O)Cn1c(=O)c(C#N)c2n(c1=O)CCC2. The molecule has 2 heterocycles. The van der Waals surface area contributed by atoms with Crippen LogP contribution in [0, 0.1) is 11.3 Å². The quantitative estimate of drug-likeness (QED) is 0.836. The average molecular weight is 304 g/mol. The zero-order valence-electron chi connectivity index (χ0n) is 12.9. The molecule has 0 unspecified atom stereocenters. The third-order valence-electron chi connectivity index (χ3n) is 4.09. The summed E-state index contributed by atoms with van der Waals surface area (Å²) in [5.74, 6) is -0.379. The first-order chi connectivity index (χ1) is 10.5. The van der Waals surface area contributed by atoms with Crippen LogP contribution >= 0.6 is 0 Å². The Labute approximate surface area is 128 Å². The fourth-order valence-corrected chi connectivity index (χ4v) is 2.80. The maximum Gasteiger partial charge on any atom is 0.331 e. The molecule has 2 rings (SSSR count). The molecular weight excluding hydrogens is 284 g/mol. The van der Waals surface area contributed by atoms with E-state index in [0.717, 1.165) is 23.8 Å². The molecule has 1 aromatic rings. The maximum absolute atomic E-state index is 12.3. The maximum atomic E-state index is 12.3. The Morgan fingerprint density at radius 1 is 1.36 bits per heavy atom. The minimum atomic E-state index is -0.666. The Kier molecular flexibility index (Phi) is 4.81. The minimum absolute atomic E-state index is 0.0209. The van der Waals surface area contributed by atoms with Crippen LogP contribution in [-0.2, 0) is 24.3 Å². The van der Waals surface area contributed by atoms with Crippen molar-refractivity contribution in [3.8, 4) is 6.07 Å². The number of carbonyl (C=O) groups is 1. The van der Waals surface area contributed by atoms with Gasteiger partial charge in [-0.25, -0.2) is 9.36 Å². The molecule has 0 aliphatic carbocycles. The molecule has 0 saturated heterocycles. The van der Waals surface area contributed by atoms with Crippen molar-refractivity contribution in [3.05, 3.63) is 32.1 Å². The Morgan fingerprint density at radius 2 is 2.05 bits per heavy atom. The predicted octanol–water partition coefficient (Wildman–Crippen LogP) is 0.133. The van der Waals surface area contributed by atoms with Gasteiger partial charge in [0.25, 0.3) is 5.56 Å². The summed E-state index contributed by atoms with van der Waals surface area (Å²) in [5.41, 5.74) is -0.696. The van der Waals surface area contributed by atoms with Gasteiger partial charge in [-0.15, -0.1) is 0 Å². The first-order valence-electron chi connectivity index (χ1n) is 7.59. The van der Waals surface area contributed by atoms with E-state index in [1.807, 2.05) is 19.9 Å². The van der Waals surface area contributed by atoms with Gasteiger partial charge in [-0.05, 0) is 25.7 Å². The Bertz CT molecular complexity index is 735. The van der Waals surface area contributed by atoms with Gasteiger partial charge in [0, 0.05) is 18.3 Å². The lowest BCUT2D eigenvalue weighted by Crippen LogP contribution is -2.46. The molecule has 0 aromatic carbocycles. The number of rotatable bonds is 5. The molecule has 7 nitrogen and oxygen atoms in total. The number of carbonyl (C=O) groups excluding carboxylic acids is 1. The van der Waals surface area contributed by atoms with Crippen molar-refractivity contribution < 1.29 is 4.79 Å². The molecule has 118 valence electrons. The summed E-state index contributed by atoms with van der Waals surface area (Å²) in [5, 5.41) is 12.0. The van der Waals surface area contributed by atoms with Crippen LogP contribution in [0.2, 0.25) is 0 Å². The fraction of sp³-hybridized carbons (Fsp3) is 0.600. The number of amides is 1. The molecule has 1 aromatic heterocycles. The van der Waals surface area contributed by atoms with Crippen molar-refractivity contribution in [3.63, 3.8) is 0 Å². The van der Waals surface area contributed by atoms with E-state index >= 15 is 0 Å². The van der Waals surface area contributed by atoms with Gasteiger partial charge in [-0.1, -0.05) is 13.8 Å². The molecule has 1 aliphatic heterocycles. The lowest BCUT2D eigenvalue weighted by molar-refractivity contribution is -0.122. The van der Waals surface area contributed by atoms with Gasteiger partial charge in [-0.2, -0.15) is 5.26 Å². The molecule has 1 aliphatic rings. The van der Waals surface area contributed by atoms with Crippen molar-refractivity contribution in [2.75, 3.05) is 0 Å². The van der Waals surface area contributed by atoms with Crippen molar-refractivity contribution in [2.45, 2.75) is 58.7 Å². The lowest BCUT2D eigenvalue weighted by Gasteiger charge is -2.16. The highest BCUT2D eigenvalue weighted by atomic mass is 16.2. The van der Waals surface area contributed by atoms with Crippen LogP contribution < -0.4 is 16.6 Å². The summed E-state index contributed by atoms with van der Waals surface area (Å²) in [7, 11) is 0. The summed E-state index contributed by atoms with van der Waals surface area (Å²) in [6.07, 6.45) is 2.84. The Balaban J connectivity index is 2.37. The molecule has 0 saturated carbocycles. The summed E-state index contributed by atoms with van der Waals surface area (Å²) >= 11 is 0. The fourth-order valence-electron chi connectivity index (χ4n) is 2.80. The molecule has 0 bridgehead atoms. The number of nitrogens with one attached hydrogen (secondary N) is 1. The first kappa shape index (κ1) is 16.0. The molecule has 0 fully saturated rings. The average Bonchev–Trinajstić information content (AvgIpc) is 2.99. The van der Waals surface area contributed by atoms with E-state index in [-0.39, 0.29) is 24.1 Å². The highest BCUT2D eigenvalue weighted by Crippen LogP contribution is 2.13. The summed E-state index contributed by atoms with van der Waals surface area (Å²) in [4.78, 5) is 36.7. The second-order valence-corrected chi connectivity index (χ2v) is 5.44.